The number of nitrogens with two attached hydrogens (primary N) is 1. The van der Waals surface area contributed by atoms with Gasteiger partial charge in [0.1, 0.15) is 6.04 Å². The SMILES string of the molecule is CSc1ccc2c(c1)c(CC(N)C(=O)O)c(C)n2C. The van der Waals surface area contributed by atoms with Crippen molar-refractivity contribution in [3.05, 3.63) is 29.5 Å². The average Bonchev–Trinajstić information content (AvgIpc) is 2.63. The van der Waals surface area contributed by atoms with Gasteiger partial charge in [0.15, 0.2) is 0 Å². The highest BCUT2D eigenvalue weighted by molar-refractivity contribution is 7.98. The molecule has 4 nitrogen and oxygen atoms in total. The van der Waals surface area contributed by atoms with Gasteiger partial charge in [0.25, 0.3) is 0 Å². The van der Waals surface area contributed by atoms with Crippen molar-refractivity contribution in [1.29, 1.82) is 0 Å². The quantitative estimate of drug-likeness (QED) is 0.841. The number of carboxylic acid groups (broad SMARTS) is 1. The minimum absolute atomic E-state index is 0.357. The van der Waals surface area contributed by atoms with E-state index in [1.807, 2.05) is 20.2 Å². The van der Waals surface area contributed by atoms with E-state index in [1.165, 1.54) is 4.90 Å². The van der Waals surface area contributed by atoms with Gasteiger partial charge in [-0.1, -0.05) is 0 Å². The third-order valence-corrected chi connectivity index (χ3v) is 4.30. The van der Waals surface area contributed by atoms with E-state index in [4.69, 9.17) is 10.8 Å². The number of rotatable bonds is 4. The number of aromatic nitrogens is 1. The van der Waals surface area contributed by atoms with Crippen molar-refractivity contribution in [1.82, 2.24) is 4.57 Å². The van der Waals surface area contributed by atoms with Crippen LogP contribution >= 0.6 is 11.8 Å². The largest absolute Gasteiger partial charge is 0.480 e. The molecule has 1 heterocycles. The summed E-state index contributed by atoms with van der Waals surface area (Å²) in [5.74, 6) is -0.961. The summed E-state index contributed by atoms with van der Waals surface area (Å²) in [5, 5.41) is 10.1. The first-order chi connectivity index (χ1) is 8.95. The Hall–Kier alpha value is -1.46. The molecule has 1 unspecified atom stereocenters. The highest BCUT2D eigenvalue weighted by Gasteiger charge is 2.18. The molecule has 0 radical (unpaired) electrons. The molecule has 3 N–H and O–H groups in total. The maximum atomic E-state index is 10.9. The van der Waals surface area contributed by atoms with Crippen LogP contribution in [0.2, 0.25) is 0 Å². The molecule has 0 aliphatic carbocycles. The summed E-state index contributed by atoms with van der Waals surface area (Å²) >= 11 is 1.68. The number of hydrogen-bond acceptors (Lipinski definition) is 3. The fourth-order valence-electron chi connectivity index (χ4n) is 2.32. The lowest BCUT2D eigenvalue weighted by Crippen LogP contribution is -2.32. The molecule has 102 valence electrons. The van der Waals surface area contributed by atoms with E-state index in [1.54, 1.807) is 11.8 Å². The maximum absolute atomic E-state index is 10.9. The van der Waals surface area contributed by atoms with Crippen LogP contribution in [-0.2, 0) is 18.3 Å². The van der Waals surface area contributed by atoms with E-state index in [0.717, 1.165) is 22.2 Å². The van der Waals surface area contributed by atoms with Crippen LogP contribution < -0.4 is 5.73 Å². The van der Waals surface area contributed by atoms with Crippen molar-refractivity contribution in [3.8, 4) is 0 Å². The zero-order valence-corrected chi connectivity index (χ0v) is 12.1. The molecule has 1 atom stereocenters. The number of nitrogens with zero attached hydrogens (tertiary/aromatic N) is 1. The lowest BCUT2D eigenvalue weighted by Gasteiger charge is -2.07. The van der Waals surface area contributed by atoms with E-state index in [0.29, 0.717) is 6.42 Å². The third kappa shape index (κ3) is 2.48. The molecule has 1 aromatic carbocycles. The highest BCUT2D eigenvalue weighted by atomic mass is 32.2. The number of carbonyl (C=O) groups is 1. The molecule has 5 heteroatoms. The molecule has 0 saturated heterocycles. The minimum Gasteiger partial charge on any atom is -0.480 e. The molecule has 0 aliphatic heterocycles. The Bertz CT molecular complexity index is 634. The number of fused-ring (bicyclic) bond motifs is 1. The maximum Gasteiger partial charge on any atom is 0.320 e. The molecule has 2 rings (SSSR count). The summed E-state index contributed by atoms with van der Waals surface area (Å²) in [5.41, 5.74) is 8.89. The molecule has 0 aliphatic rings. The van der Waals surface area contributed by atoms with Crippen molar-refractivity contribution >= 4 is 28.6 Å². The van der Waals surface area contributed by atoms with Gasteiger partial charge in [-0.25, -0.2) is 0 Å². The fourth-order valence-corrected chi connectivity index (χ4v) is 2.76. The van der Waals surface area contributed by atoms with Crippen LogP contribution in [0.5, 0.6) is 0 Å². The van der Waals surface area contributed by atoms with Crippen LogP contribution in [0.4, 0.5) is 0 Å². The minimum atomic E-state index is -0.961. The van der Waals surface area contributed by atoms with Gasteiger partial charge >= 0.3 is 5.97 Å². The predicted octanol–water partition coefficient (Wildman–Crippen LogP) is 2.16. The molecular formula is C14H18N2O2S. The van der Waals surface area contributed by atoms with Gasteiger partial charge in [-0.2, -0.15) is 0 Å². The van der Waals surface area contributed by atoms with Crippen molar-refractivity contribution in [2.45, 2.75) is 24.3 Å². The van der Waals surface area contributed by atoms with Gasteiger partial charge in [0.05, 0.1) is 0 Å². The second-order valence-corrected chi connectivity index (χ2v) is 5.53. The fraction of sp³-hybridized carbons (Fsp3) is 0.357. The summed E-state index contributed by atoms with van der Waals surface area (Å²) in [4.78, 5) is 12.1. The van der Waals surface area contributed by atoms with Crippen molar-refractivity contribution in [2.24, 2.45) is 12.8 Å². The van der Waals surface area contributed by atoms with Crippen molar-refractivity contribution < 1.29 is 9.90 Å². The molecule has 19 heavy (non-hydrogen) atoms. The van der Waals surface area contributed by atoms with Gasteiger partial charge < -0.3 is 15.4 Å². The third-order valence-electron chi connectivity index (χ3n) is 3.57. The smallest absolute Gasteiger partial charge is 0.320 e. The zero-order chi connectivity index (χ0) is 14.2. The Morgan fingerprint density at radius 3 is 2.79 bits per heavy atom. The zero-order valence-electron chi connectivity index (χ0n) is 11.3. The summed E-state index contributed by atoms with van der Waals surface area (Å²) in [6.45, 7) is 2.00. The van der Waals surface area contributed by atoms with E-state index in [2.05, 4.69) is 22.8 Å². The second kappa shape index (κ2) is 5.27. The van der Waals surface area contributed by atoms with E-state index < -0.39 is 12.0 Å². The molecule has 2 aromatic rings. The number of hydrogen-bond donors (Lipinski definition) is 2. The summed E-state index contributed by atoms with van der Waals surface area (Å²) in [6, 6.07) is 5.40. The highest BCUT2D eigenvalue weighted by Crippen LogP contribution is 2.29. The molecule has 0 saturated carbocycles. The molecule has 0 fully saturated rings. The van der Waals surface area contributed by atoms with E-state index in [9.17, 15) is 4.79 Å². The Kier molecular flexibility index (Phi) is 3.87. The van der Waals surface area contributed by atoms with Crippen LogP contribution in [-0.4, -0.2) is 27.9 Å². The topological polar surface area (TPSA) is 68.2 Å². The van der Waals surface area contributed by atoms with Crippen molar-refractivity contribution in [2.75, 3.05) is 6.26 Å². The Morgan fingerprint density at radius 1 is 1.53 bits per heavy atom. The van der Waals surface area contributed by atoms with Gasteiger partial charge in [-0.15, -0.1) is 11.8 Å². The molecule has 0 bridgehead atoms. The number of carboxylic acids is 1. The van der Waals surface area contributed by atoms with E-state index in [-0.39, 0.29) is 0 Å². The van der Waals surface area contributed by atoms with E-state index >= 15 is 0 Å². The Labute approximate surface area is 116 Å². The van der Waals surface area contributed by atoms with Crippen LogP contribution in [0.15, 0.2) is 23.1 Å². The lowest BCUT2D eigenvalue weighted by atomic mass is 10.0. The van der Waals surface area contributed by atoms with Crippen LogP contribution in [0.1, 0.15) is 11.3 Å². The van der Waals surface area contributed by atoms with Crippen LogP contribution in [0.3, 0.4) is 0 Å². The summed E-state index contributed by atoms with van der Waals surface area (Å²) < 4.78 is 2.09. The standard InChI is InChI=1S/C14H18N2O2S/c1-8-10(7-12(15)14(17)18)11-6-9(19-3)4-5-13(11)16(8)2/h4-6,12H,7,15H2,1-3H3,(H,17,18). The van der Waals surface area contributed by atoms with Crippen LogP contribution in [0.25, 0.3) is 10.9 Å². The molecular weight excluding hydrogens is 260 g/mol. The predicted molar refractivity (Wildman–Crippen MR) is 78.8 cm³/mol. The normalized spacial score (nSPS) is 12.8. The first-order valence-electron chi connectivity index (χ1n) is 6.06. The van der Waals surface area contributed by atoms with Gasteiger partial charge in [-0.05, 0) is 36.9 Å². The summed E-state index contributed by atoms with van der Waals surface area (Å²) in [7, 11) is 1.99. The van der Waals surface area contributed by atoms with Gasteiger partial charge in [0, 0.05) is 35.0 Å². The van der Waals surface area contributed by atoms with Crippen LogP contribution in [0, 0.1) is 6.92 Å². The number of aryl methyl sites for hydroxylation is 1. The Balaban J connectivity index is 2.58. The average molecular weight is 278 g/mol. The summed E-state index contributed by atoms with van der Waals surface area (Å²) in [6.07, 6.45) is 2.38. The first kappa shape index (κ1) is 14.0. The molecule has 0 amide bonds. The van der Waals surface area contributed by atoms with Crippen molar-refractivity contribution in [3.63, 3.8) is 0 Å². The first-order valence-corrected chi connectivity index (χ1v) is 7.28. The Morgan fingerprint density at radius 2 is 2.21 bits per heavy atom. The van der Waals surface area contributed by atoms with Gasteiger partial charge in [-0.3, -0.25) is 4.79 Å². The number of aliphatic carboxylic acids is 1. The van der Waals surface area contributed by atoms with Gasteiger partial charge in [0.2, 0.25) is 0 Å². The second-order valence-electron chi connectivity index (χ2n) is 4.65. The molecule has 0 spiro atoms. The lowest BCUT2D eigenvalue weighted by molar-refractivity contribution is -0.138. The monoisotopic (exact) mass is 278 g/mol. The number of thioether (sulfide) groups is 1. The number of benzene rings is 1. The molecule has 1 aromatic heterocycles.